The lowest BCUT2D eigenvalue weighted by Crippen LogP contribution is -2.42. The van der Waals surface area contributed by atoms with E-state index in [-0.39, 0.29) is 34.1 Å². The van der Waals surface area contributed by atoms with E-state index in [0.29, 0.717) is 16.7 Å². The summed E-state index contributed by atoms with van der Waals surface area (Å²) in [4.78, 5) is 61.8. The number of amides is 2. The Balaban J connectivity index is 1.85. The lowest BCUT2D eigenvalue weighted by molar-refractivity contribution is -0.730. The molecular weight excluding hydrogens is 465 g/mol. The monoisotopic (exact) mass is 484 g/mol. The summed E-state index contributed by atoms with van der Waals surface area (Å²) in [5.74, 6) is -2.43. The molecule has 3 N–H and O–H groups in total. The first-order valence-corrected chi connectivity index (χ1v) is 10.3. The Morgan fingerprint density at radius 3 is 2.54 bits per heavy atom. The average molecular weight is 484 g/mol. The Bertz CT molecular complexity index is 1510. The standard InChI is InChI=1S/C22H18FN5O7/c1-12-13(3-2-4-17(12)28(34)35)10-27-19(29)15(20(30)31)11-26(22(27)33)14-5-6-18(16(23)9-14)25-8-7-24-21(25)32/h2-6,9,11H,7-8,10H2,1H3,(H2-,24,30,31,32,34,35)/p+1. The fraction of sp³-hybridized carbons (Fsp3) is 0.182. The molecular formula is C22H19FN5O7+. The second-order valence-electron chi connectivity index (χ2n) is 7.75. The third-order valence-corrected chi connectivity index (χ3v) is 5.71. The van der Waals surface area contributed by atoms with Gasteiger partial charge in [-0.2, -0.15) is 0 Å². The first-order valence-electron chi connectivity index (χ1n) is 10.3. The van der Waals surface area contributed by atoms with Crippen LogP contribution < -0.4 is 21.5 Å². The molecule has 13 heteroatoms. The molecule has 2 amide bonds. The molecule has 0 aliphatic carbocycles. The highest BCUT2D eigenvalue weighted by atomic mass is 19.1. The van der Waals surface area contributed by atoms with Crippen molar-refractivity contribution in [2.24, 2.45) is 0 Å². The number of carbonyl (C=O) groups is 2. The van der Waals surface area contributed by atoms with E-state index in [4.69, 9.17) is 0 Å². The maximum Gasteiger partial charge on any atom is 0.342 e. The molecule has 35 heavy (non-hydrogen) atoms. The van der Waals surface area contributed by atoms with Gasteiger partial charge in [0.25, 0.3) is 10.5 Å². The van der Waals surface area contributed by atoms with Crippen LogP contribution >= 0.6 is 0 Å². The van der Waals surface area contributed by atoms with E-state index in [0.717, 1.165) is 16.8 Å². The third kappa shape index (κ3) is 4.14. The predicted molar refractivity (Wildman–Crippen MR) is 119 cm³/mol. The number of carboxylic acids is 1. The number of hydrogen-bond acceptors (Lipinski definition) is 5. The molecule has 0 radical (unpaired) electrons. The number of aromatic nitrogens is 2. The highest BCUT2D eigenvalue weighted by molar-refractivity contribution is 5.94. The van der Waals surface area contributed by atoms with Crippen LogP contribution in [0.2, 0.25) is 0 Å². The number of carbonyl (C=O) groups excluding carboxylic acids is 1. The van der Waals surface area contributed by atoms with Crippen LogP contribution in [0.5, 0.6) is 0 Å². The zero-order valence-electron chi connectivity index (χ0n) is 18.3. The van der Waals surface area contributed by atoms with Crippen LogP contribution in [-0.2, 0) is 6.54 Å². The Labute approximate surface area is 195 Å². The third-order valence-electron chi connectivity index (χ3n) is 5.71. The smallest absolute Gasteiger partial charge is 0.342 e. The molecule has 1 aliphatic rings. The first kappa shape index (κ1) is 23.4. The van der Waals surface area contributed by atoms with Gasteiger partial charge in [0.05, 0.1) is 22.8 Å². The molecule has 0 spiro atoms. The van der Waals surface area contributed by atoms with Crippen LogP contribution in [0.15, 0.2) is 52.2 Å². The normalized spacial score (nSPS) is 13.1. The van der Waals surface area contributed by atoms with Crippen LogP contribution in [0.25, 0.3) is 5.69 Å². The number of anilines is 1. The van der Waals surface area contributed by atoms with Crippen molar-refractivity contribution in [1.82, 2.24) is 14.5 Å². The minimum Gasteiger partial charge on any atom is -0.477 e. The summed E-state index contributed by atoms with van der Waals surface area (Å²) in [6.45, 7) is 1.66. The zero-order chi connectivity index (χ0) is 25.4. The van der Waals surface area contributed by atoms with Gasteiger partial charge in [0.15, 0.2) is 0 Å². The highest BCUT2D eigenvalue weighted by Gasteiger charge is 2.25. The van der Waals surface area contributed by atoms with Crippen molar-refractivity contribution in [3.8, 4) is 5.69 Å². The Morgan fingerprint density at radius 1 is 1.20 bits per heavy atom. The molecule has 0 unspecified atom stereocenters. The molecule has 4 rings (SSSR count). The molecule has 2 aromatic carbocycles. The van der Waals surface area contributed by atoms with Crippen molar-refractivity contribution in [3.05, 3.63) is 90.8 Å². The van der Waals surface area contributed by atoms with Crippen molar-refractivity contribution < 1.29 is 29.2 Å². The van der Waals surface area contributed by atoms with E-state index in [1.165, 1.54) is 42.2 Å². The number of rotatable bonds is 6. The van der Waals surface area contributed by atoms with E-state index >= 15 is 0 Å². The van der Waals surface area contributed by atoms with Crippen LogP contribution in [0.1, 0.15) is 21.5 Å². The SMILES string of the molecule is Cc1c(Cn2c(=O)c(C(=O)O)cn(-c3ccc(N4CCNC4=O)c(F)c3)c2=O)cccc1[N+](=O)O. The van der Waals surface area contributed by atoms with Crippen molar-refractivity contribution in [2.75, 3.05) is 18.0 Å². The second-order valence-corrected chi connectivity index (χ2v) is 7.75. The quantitative estimate of drug-likeness (QED) is 0.448. The Morgan fingerprint density at radius 2 is 1.94 bits per heavy atom. The van der Waals surface area contributed by atoms with Gasteiger partial charge in [-0.15, -0.1) is 0 Å². The number of benzene rings is 2. The Hall–Kier alpha value is -4.81. The maximum atomic E-state index is 14.9. The highest BCUT2D eigenvalue weighted by Crippen LogP contribution is 2.24. The van der Waals surface area contributed by atoms with Gasteiger partial charge in [-0.3, -0.25) is 18.8 Å². The topological polar surface area (TPSA) is 154 Å². The number of urea groups is 1. The van der Waals surface area contributed by atoms with Gasteiger partial charge in [0.2, 0.25) is 0 Å². The summed E-state index contributed by atoms with van der Waals surface area (Å²) in [7, 11) is 0. The van der Waals surface area contributed by atoms with Gasteiger partial charge in [-0.05, 0) is 24.6 Å². The molecule has 12 nitrogen and oxygen atoms in total. The molecule has 0 atom stereocenters. The van der Waals surface area contributed by atoms with Crippen LogP contribution in [-0.4, -0.2) is 49.5 Å². The van der Waals surface area contributed by atoms with Crippen molar-refractivity contribution in [2.45, 2.75) is 13.5 Å². The second kappa shape index (κ2) is 8.85. The van der Waals surface area contributed by atoms with E-state index in [1.807, 2.05) is 0 Å². The number of aromatic carboxylic acids is 1. The first-order chi connectivity index (χ1) is 16.6. The van der Waals surface area contributed by atoms with Gasteiger partial charge in [-0.1, -0.05) is 12.1 Å². The number of nitrogens with one attached hydrogen (secondary N) is 1. The van der Waals surface area contributed by atoms with Crippen molar-refractivity contribution >= 4 is 23.4 Å². The summed E-state index contributed by atoms with van der Waals surface area (Å²) in [6, 6.07) is 7.32. The molecule has 1 aliphatic heterocycles. The van der Waals surface area contributed by atoms with Gasteiger partial charge in [-0.25, -0.2) is 24.0 Å². The number of nitrogens with zero attached hydrogens (tertiary/aromatic N) is 4. The van der Waals surface area contributed by atoms with Gasteiger partial charge in [0.1, 0.15) is 11.4 Å². The summed E-state index contributed by atoms with van der Waals surface area (Å²) >= 11 is 0. The Kier molecular flexibility index (Phi) is 5.91. The lowest BCUT2D eigenvalue weighted by Gasteiger charge is -2.17. The van der Waals surface area contributed by atoms with E-state index in [1.54, 1.807) is 0 Å². The summed E-state index contributed by atoms with van der Waals surface area (Å²) < 4.78 is 16.3. The number of halogens is 1. The van der Waals surface area contributed by atoms with E-state index < -0.39 is 41.2 Å². The van der Waals surface area contributed by atoms with E-state index in [2.05, 4.69) is 5.32 Å². The number of hydrogen-bond donors (Lipinski definition) is 3. The van der Waals surface area contributed by atoms with Crippen LogP contribution in [0.4, 0.5) is 20.6 Å². The van der Waals surface area contributed by atoms with E-state index in [9.17, 15) is 38.8 Å². The van der Waals surface area contributed by atoms with Gasteiger partial charge >= 0.3 is 23.4 Å². The number of carboxylic acid groups (broad SMARTS) is 1. The fourth-order valence-corrected chi connectivity index (χ4v) is 3.86. The minimum atomic E-state index is -1.60. The molecule has 180 valence electrons. The van der Waals surface area contributed by atoms with Gasteiger partial charge < -0.3 is 10.4 Å². The maximum absolute atomic E-state index is 14.9. The molecule has 3 aromatic rings. The van der Waals surface area contributed by atoms with Gasteiger partial charge in [0, 0.05) is 37.0 Å². The molecule has 0 bridgehead atoms. The average Bonchev–Trinajstić information content (AvgIpc) is 3.22. The summed E-state index contributed by atoms with van der Waals surface area (Å²) in [6.07, 6.45) is 0.802. The van der Waals surface area contributed by atoms with Crippen molar-refractivity contribution in [3.63, 3.8) is 0 Å². The fourth-order valence-electron chi connectivity index (χ4n) is 3.86. The molecule has 0 saturated carbocycles. The van der Waals surface area contributed by atoms with Crippen LogP contribution in [0.3, 0.4) is 0 Å². The lowest BCUT2D eigenvalue weighted by atomic mass is 10.1. The summed E-state index contributed by atoms with van der Waals surface area (Å²) in [5.41, 5.74) is -2.45. The largest absolute Gasteiger partial charge is 0.477 e. The van der Waals surface area contributed by atoms with Crippen LogP contribution in [0, 0.1) is 17.6 Å². The molecule has 1 aromatic heterocycles. The van der Waals surface area contributed by atoms with Crippen molar-refractivity contribution in [1.29, 1.82) is 0 Å². The zero-order valence-corrected chi connectivity index (χ0v) is 18.3. The molecule has 2 heterocycles. The predicted octanol–water partition coefficient (Wildman–Crippen LogP) is 1.52. The summed E-state index contributed by atoms with van der Waals surface area (Å²) in [5, 5.41) is 21.3. The minimum absolute atomic E-state index is 0.0258. The molecule has 1 saturated heterocycles. The molecule has 1 fully saturated rings.